The first kappa shape index (κ1) is 32.1. The Hall–Kier alpha value is -5.30. The summed E-state index contributed by atoms with van der Waals surface area (Å²) in [4.78, 5) is 53.1. The van der Waals surface area contributed by atoms with Crippen LogP contribution < -0.4 is 26.4 Å². The molecule has 0 spiro atoms. The SMILES string of the molecule is CCC(C)[C@@H]1NC(=O)[C@@H](N)Cc2ccc(O)c(c2)-c2c3cc(c(O)c2O)Oc2ccc(cc2)C[C@@H](C(=O)O)NC(=O)[C@H](C3)NC1=O. The van der Waals surface area contributed by atoms with E-state index in [1.54, 1.807) is 37.3 Å². The standard InChI is InChI=1S/C33H36N4O9/c1-3-15(2)27-32(43)35-22-13-18-14-25(46-19-7-4-16(5-8-19)12-23(33(44)45)36-31(22)42)28(39)29(40)26(18)20-10-17(6-9-24(20)38)11-21(34)30(41)37-27/h4-10,14-15,21-23,27,38-40H,3,11-13,34H2,1-2H3,(H,35,43)(H,36,42)(H,37,41)(H,44,45)/t15?,21-,22-,23-,27-/m0/s1. The summed E-state index contributed by atoms with van der Waals surface area (Å²) in [7, 11) is 0. The van der Waals surface area contributed by atoms with E-state index < -0.39 is 59.4 Å². The highest BCUT2D eigenvalue weighted by molar-refractivity contribution is 5.95. The lowest BCUT2D eigenvalue weighted by Gasteiger charge is -2.29. The Kier molecular flexibility index (Phi) is 9.05. The highest BCUT2D eigenvalue weighted by atomic mass is 16.5. The van der Waals surface area contributed by atoms with Crippen LogP contribution in [0.1, 0.15) is 37.0 Å². The Morgan fingerprint density at radius 3 is 2.26 bits per heavy atom. The van der Waals surface area contributed by atoms with E-state index in [2.05, 4.69) is 16.0 Å². The average Bonchev–Trinajstić information content (AvgIpc) is 3.02. The second kappa shape index (κ2) is 13.0. The van der Waals surface area contributed by atoms with Crippen molar-refractivity contribution in [2.45, 2.75) is 63.7 Å². The van der Waals surface area contributed by atoms with E-state index >= 15 is 0 Å². The molecule has 0 aromatic heterocycles. The molecule has 3 amide bonds. The van der Waals surface area contributed by atoms with Gasteiger partial charge in [0.2, 0.25) is 23.5 Å². The maximum Gasteiger partial charge on any atom is 0.326 e. The summed E-state index contributed by atoms with van der Waals surface area (Å²) in [5.74, 6) is -5.40. The molecule has 242 valence electrons. The van der Waals surface area contributed by atoms with Gasteiger partial charge in [0.15, 0.2) is 11.5 Å². The maximum absolute atomic E-state index is 13.9. The van der Waals surface area contributed by atoms with Crippen LogP contribution in [-0.2, 0) is 38.4 Å². The Labute approximate surface area is 264 Å². The lowest BCUT2D eigenvalue weighted by molar-refractivity contribution is -0.142. The number of aliphatic carboxylic acids is 1. The van der Waals surface area contributed by atoms with Crippen LogP contribution in [-0.4, -0.2) is 68.3 Å². The maximum atomic E-state index is 13.9. The molecule has 7 bridgehead atoms. The minimum absolute atomic E-state index is 0.00876. The molecule has 3 aliphatic rings. The van der Waals surface area contributed by atoms with Gasteiger partial charge >= 0.3 is 5.97 Å². The van der Waals surface area contributed by atoms with Crippen molar-refractivity contribution < 1.29 is 44.3 Å². The third kappa shape index (κ3) is 6.54. The van der Waals surface area contributed by atoms with Gasteiger partial charge in [0.05, 0.1) is 6.04 Å². The highest BCUT2D eigenvalue weighted by Gasteiger charge is 2.35. The zero-order chi connectivity index (χ0) is 33.3. The summed E-state index contributed by atoms with van der Waals surface area (Å²) in [6.45, 7) is 3.59. The molecule has 13 nitrogen and oxygen atoms in total. The summed E-state index contributed by atoms with van der Waals surface area (Å²) >= 11 is 0. The molecule has 1 unspecified atom stereocenters. The zero-order valence-corrected chi connectivity index (χ0v) is 25.2. The molecule has 0 radical (unpaired) electrons. The largest absolute Gasteiger partial charge is 0.507 e. The van der Waals surface area contributed by atoms with Gasteiger partial charge in [-0.25, -0.2) is 4.79 Å². The molecular weight excluding hydrogens is 596 g/mol. The molecule has 3 aromatic rings. The fourth-order valence-electron chi connectivity index (χ4n) is 5.66. The first-order valence-electron chi connectivity index (χ1n) is 14.9. The van der Waals surface area contributed by atoms with Crippen molar-refractivity contribution in [3.63, 3.8) is 0 Å². The van der Waals surface area contributed by atoms with Gasteiger partial charge in [0.25, 0.3) is 0 Å². The molecule has 0 saturated carbocycles. The van der Waals surface area contributed by atoms with Crippen molar-refractivity contribution in [3.05, 3.63) is 65.2 Å². The molecule has 9 N–H and O–H groups in total. The molecule has 3 heterocycles. The second-order valence-electron chi connectivity index (χ2n) is 11.8. The van der Waals surface area contributed by atoms with Crippen LogP contribution in [0.3, 0.4) is 0 Å². The number of carbonyl (C=O) groups is 4. The predicted octanol–water partition coefficient (Wildman–Crippen LogP) is 1.83. The van der Waals surface area contributed by atoms with Crippen LogP contribution >= 0.6 is 0 Å². The number of carboxylic acid groups (broad SMARTS) is 1. The number of nitrogens with two attached hydrogens (primary N) is 1. The number of fused-ring (bicyclic) bond motifs is 8. The number of aromatic hydroxyl groups is 3. The van der Waals surface area contributed by atoms with Crippen molar-refractivity contribution in [1.82, 2.24) is 16.0 Å². The molecule has 6 rings (SSSR count). The first-order chi connectivity index (χ1) is 21.9. The third-order valence-electron chi connectivity index (χ3n) is 8.50. The molecule has 3 aromatic carbocycles. The molecule has 13 heteroatoms. The zero-order valence-electron chi connectivity index (χ0n) is 25.2. The van der Waals surface area contributed by atoms with Crippen molar-refractivity contribution in [3.8, 4) is 39.9 Å². The Bertz CT molecular complexity index is 1690. The molecule has 0 aliphatic carbocycles. The van der Waals surface area contributed by atoms with Crippen LogP contribution in [0.25, 0.3) is 11.1 Å². The topological polar surface area (TPSA) is 221 Å². The van der Waals surface area contributed by atoms with Crippen molar-refractivity contribution in [2.24, 2.45) is 11.7 Å². The van der Waals surface area contributed by atoms with Crippen LogP contribution in [0.4, 0.5) is 0 Å². The van der Waals surface area contributed by atoms with Gasteiger partial charge < -0.3 is 46.8 Å². The molecule has 46 heavy (non-hydrogen) atoms. The molecule has 0 fully saturated rings. The fourth-order valence-corrected chi connectivity index (χ4v) is 5.66. The van der Waals surface area contributed by atoms with Gasteiger partial charge in [-0.3, -0.25) is 14.4 Å². The van der Waals surface area contributed by atoms with Gasteiger partial charge in [-0.1, -0.05) is 38.5 Å². The summed E-state index contributed by atoms with van der Waals surface area (Å²) in [5.41, 5.74) is 7.45. The average molecular weight is 633 g/mol. The number of ether oxygens (including phenoxy) is 1. The monoisotopic (exact) mass is 632 g/mol. The highest BCUT2D eigenvalue weighted by Crippen LogP contribution is 2.49. The summed E-state index contributed by atoms with van der Waals surface area (Å²) in [6, 6.07) is 7.06. The number of rotatable bonds is 3. The number of nitrogens with one attached hydrogen (secondary N) is 3. The number of hydrogen-bond donors (Lipinski definition) is 8. The quantitative estimate of drug-likeness (QED) is 0.196. The summed E-state index contributed by atoms with van der Waals surface area (Å²) in [6.07, 6.45) is 0.0664. The fraction of sp³-hybridized carbons (Fsp3) is 0.333. The normalized spacial score (nSPS) is 22.4. The van der Waals surface area contributed by atoms with E-state index in [0.29, 0.717) is 17.5 Å². The summed E-state index contributed by atoms with van der Waals surface area (Å²) < 4.78 is 5.91. The number of phenols is 3. The van der Waals surface area contributed by atoms with Crippen molar-refractivity contribution >= 4 is 23.7 Å². The van der Waals surface area contributed by atoms with E-state index in [1.807, 2.05) is 6.92 Å². The van der Waals surface area contributed by atoms with Crippen LogP contribution in [0.5, 0.6) is 28.7 Å². The summed E-state index contributed by atoms with van der Waals surface area (Å²) in [5, 5.41) is 51.3. The van der Waals surface area contributed by atoms with Crippen LogP contribution in [0.15, 0.2) is 48.5 Å². The van der Waals surface area contributed by atoms with Gasteiger partial charge in [0, 0.05) is 24.0 Å². The molecular formula is C33H36N4O9. The predicted molar refractivity (Wildman–Crippen MR) is 165 cm³/mol. The lowest BCUT2D eigenvalue weighted by Crippen LogP contribution is -2.59. The van der Waals surface area contributed by atoms with Crippen LogP contribution in [0, 0.1) is 5.92 Å². The second-order valence-corrected chi connectivity index (χ2v) is 11.8. The Morgan fingerprint density at radius 1 is 0.891 bits per heavy atom. The number of hydrogen-bond acceptors (Lipinski definition) is 9. The van der Waals surface area contributed by atoms with Gasteiger partial charge in [-0.15, -0.1) is 0 Å². The lowest BCUT2D eigenvalue weighted by atomic mass is 9.89. The van der Waals surface area contributed by atoms with Crippen molar-refractivity contribution in [2.75, 3.05) is 0 Å². The van der Waals surface area contributed by atoms with Crippen molar-refractivity contribution in [1.29, 1.82) is 0 Å². The van der Waals surface area contributed by atoms with E-state index in [0.717, 1.165) is 0 Å². The number of phenolic OH excluding ortho intramolecular Hbond substituents is 3. The van der Waals surface area contributed by atoms with E-state index in [9.17, 15) is 39.6 Å². The van der Waals surface area contributed by atoms with Gasteiger partial charge in [0.1, 0.15) is 29.6 Å². The van der Waals surface area contributed by atoms with E-state index in [-0.39, 0.29) is 59.1 Å². The van der Waals surface area contributed by atoms with Gasteiger partial charge in [-0.2, -0.15) is 0 Å². The van der Waals surface area contributed by atoms with Gasteiger partial charge in [-0.05, 0) is 59.4 Å². The van der Waals surface area contributed by atoms with Crippen LogP contribution in [0.2, 0.25) is 0 Å². The number of carbonyl (C=O) groups excluding carboxylic acids is 3. The first-order valence-corrected chi connectivity index (χ1v) is 14.9. The number of carboxylic acids is 1. The molecule has 3 aliphatic heterocycles. The number of amides is 3. The minimum Gasteiger partial charge on any atom is -0.507 e. The number of benzene rings is 3. The Morgan fingerprint density at radius 2 is 1.59 bits per heavy atom. The smallest absolute Gasteiger partial charge is 0.326 e. The van der Waals surface area contributed by atoms with E-state index in [1.165, 1.54) is 18.2 Å². The van der Waals surface area contributed by atoms with E-state index in [4.69, 9.17) is 10.5 Å². The third-order valence-corrected chi connectivity index (χ3v) is 8.50. The Balaban J connectivity index is 1.76. The molecule has 5 atom stereocenters. The minimum atomic E-state index is -1.45. The molecule has 0 saturated heterocycles.